The van der Waals surface area contributed by atoms with Crippen molar-refractivity contribution in [2.45, 2.75) is 32.0 Å². The van der Waals surface area contributed by atoms with Crippen LogP contribution in [0.1, 0.15) is 18.9 Å². The van der Waals surface area contributed by atoms with Gasteiger partial charge in [-0.1, -0.05) is 6.07 Å². The fourth-order valence-corrected chi connectivity index (χ4v) is 3.26. The highest BCUT2D eigenvalue weighted by atomic mass is 79.9. The summed E-state index contributed by atoms with van der Waals surface area (Å²) in [5.74, 6) is 0. The second-order valence-electron chi connectivity index (χ2n) is 4.86. The fourth-order valence-electron chi connectivity index (χ4n) is 2.56. The molecule has 2 unspecified atom stereocenters. The number of nitrogens with one attached hydrogen (secondary N) is 1. The molecule has 1 aliphatic rings. The van der Waals surface area contributed by atoms with Gasteiger partial charge in [0.2, 0.25) is 0 Å². The molecule has 2 rings (SSSR count). The molecule has 2 atom stereocenters. The SMILES string of the molecule is CNCc1ccc(N(C)C2CCOC2C)c(Br)c1. The molecular weight excluding hydrogens is 292 g/mol. The van der Waals surface area contributed by atoms with Crippen LogP contribution in [0.5, 0.6) is 0 Å². The zero-order valence-corrected chi connectivity index (χ0v) is 12.8. The Labute approximate surface area is 118 Å². The lowest BCUT2D eigenvalue weighted by molar-refractivity contribution is 0.118. The van der Waals surface area contributed by atoms with E-state index in [1.54, 1.807) is 0 Å². The number of benzene rings is 1. The van der Waals surface area contributed by atoms with Crippen LogP contribution in [0.15, 0.2) is 22.7 Å². The normalized spacial score (nSPS) is 23.3. The monoisotopic (exact) mass is 312 g/mol. The van der Waals surface area contributed by atoms with Crippen molar-refractivity contribution in [1.29, 1.82) is 0 Å². The summed E-state index contributed by atoms with van der Waals surface area (Å²) in [7, 11) is 4.11. The summed E-state index contributed by atoms with van der Waals surface area (Å²) in [5.41, 5.74) is 2.52. The summed E-state index contributed by atoms with van der Waals surface area (Å²) in [6.07, 6.45) is 1.40. The van der Waals surface area contributed by atoms with Gasteiger partial charge in [-0.15, -0.1) is 0 Å². The molecule has 100 valence electrons. The van der Waals surface area contributed by atoms with Gasteiger partial charge in [-0.05, 0) is 54.0 Å². The zero-order valence-electron chi connectivity index (χ0n) is 11.2. The van der Waals surface area contributed by atoms with Gasteiger partial charge in [0.05, 0.1) is 17.8 Å². The molecule has 1 aliphatic heterocycles. The summed E-state index contributed by atoms with van der Waals surface area (Å²) in [4.78, 5) is 2.32. The third kappa shape index (κ3) is 2.87. The van der Waals surface area contributed by atoms with Crippen LogP contribution < -0.4 is 10.2 Å². The van der Waals surface area contributed by atoms with E-state index >= 15 is 0 Å². The maximum atomic E-state index is 5.64. The molecule has 1 fully saturated rings. The first-order valence-corrected chi connectivity index (χ1v) is 7.20. The number of likely N-dealkylation sites (N-methyl/N-ethyl adjacent to an activating group) is 1. The third-order valence-corrected chi connectivity index (χ3v) is 4.24. The number of anilines is 1. The maximum absolute atomic E-state index is 5.64. The van der Waals surface area contributed by atoms with Gasteiger partial charge in [0.15, 0.2) is 0 Å². The molecule has 4 heteroatoms. The van der Waals surface area contributed by atoms with Crippen molar-refractivity contribution in [2.24, 2.45) is 0 Å². The molecule has 0 radical (unpaired) electrons. The van der Waals surface area contributed by atoms with Crippen LogP contribution in [-0.2, 0) is 11.3 Å². The van der Waals surface area contributed by atoms with Crippen molar-refractivity contribution in [2.75, 3.05) is 25.6 Å². The second kappa shape index (κ2) is 6.04. The van der Waals surface area contributed by atoms with E-state index in [-0.39, 0.29) is 0 Å². The van der Waals surface area contributed by atoms with Gasteiger partial charge < -0.3 is 15.0 Å². The van der Waals surface area contributed by atoms with E-state index in [0.717, 1.165) is 24.0 Å². The van der Waals surface area contributed by atoms with Crippen LogP contribution in [0.4, 0.5) is 5.69 Å². The fraction of sp³-hybridized carbons (Fsp3) is 0.571. The first-order valence-electron chi connectivity index (χ1n) is 6.41. The molecule has 0 bridgehead atoms. The van der Waals surface area contributed by atoms with Crippen LogP contribution >= 0.6 is 15.9 Å². The van der Waals surface area contributed by atoms with E-state index in [1.807, 2.05) is 7.05 Å². The highest BCUT2D eigenvalue weighted by molar-refractivity contribution is 9.10. The van der Waals surface area contributed by atoms with Gasteiger partial charge >= 0.3 is 0 Å². The molecule has 18 heavy (non-hydrogen) atoms. The average Bonchev–Trinajstić information content (AvgIpc) is 2.75. The van der Waals surface area contributed by atoms with Crippen LogP contribution in [0.25, 0.3) is 0 Å². The lowest BCUT2D eigenvalue weighted by Crippen LogP contribution is -2.36. The lowest BCUT2D eigenvalue weighted by Gasteiger charge is -2.29. The summed E-state index contributed by atoms with van der Waals surface area (Å²) >= 11 is 3.67. The number of ether oxygens (including phenoxy) is 1. The molecule has 0 aromatic heterocycles. The molecular formula is C14H21BrN2O. The minimum atomic E-state index is 0.305. The van der Waals surface area contributed by atoms with E-state index in [0.29, 0.717) is 12.1 Å². The maximum Gasteiger partial charge on any atom is 0.0750 e. The topological polar surface area (TPSA) is 24.5 Å². The number of hydrogen-bond acceptors (Lipinski definition) is 3. The Kier molecular flexibility index (Phi) is 4.65. The smallest absolute Gasteiger partial charge is 0.0750 e. The van der Waals surface area contributed by atoms with Gasteiger partial charge in [0.1, 0.15) is 0 Å². The van der Waals surface area contributed by atoms with Crippen LogP contribution in [0.2, 0.25) is 0 Å². The van der Waals surface area contributed by atoms with Gasteiger partial charge in [0.25, 0.3) is 0 Å². The minimum Gasteiger partial charge on any atom is -0.376 e. The Bertz CT molecular complexity index is 411. The predicted octanol–water partition coefficient (Wildman–Crippen LogP) is 2.78. The Balaban J connectivity index is 2.17. The summed E-state index contributed by atoms with van der Waals surface area (Å²) < 4.78 is 6.79. The molecule has 1 N–H and O–H groups in total. The molecule has 0 amide bonds. The van der Waals surface area contributed by atoms with E-state index in [4.69, 9.17) is 4.74 Å². The second-order valence-corrected chi connectivity index (χ2v) is 5.71. The molecule has 1 saturated heterocycles. The van der Waals surface area contributed by atoms with Crippen molar-refractivity contribution >= 4 is 21.6 Å². The minimum absolute atomic E-state index is 0.305. The third-order valence-electron chi connectivity index (χ3n) is 3.61. The Morgan fingerprint density at radius 3 is 2.83 bits per heavy atom. The highest BCUT2D eigenvalue weighted by Gasteiger charge is 2.28. The van der Waals surface area contributed by atoms with Crippen LogP contribution in [-0.4, -0.2) is 32.8 Å². The largest absolute Gasteiger partial charge is 0.376 e. The summed E-state index contributed by atoms with van der Waals surface area (Å²) in [6, 6.07) is 7.01. The van der Waals surface area contributed by atoms with E-state index in [2.05, 4.69) is 58.3 Å². The van der Waals surface area contributed by atoms with E-state index in [1.165, 1.54) is 11.3 Å². The summed E-state index contributed by atoms with van der Waals surface area (Å²) in [6.45, 7) is 3.91. The quantitative estimate of drug-likeness (QED) is 0.925. The van der Waals surface area contributed by atoms with Gasteiger partial charge in [-0.3, -0.25) is 0 Å². The number of rotatable bonds is 4. The van der Waals surface area contributed by atoms with Gasteiger partial charge in [0, 0.05) is 24.7 Å². The highest BCUT2D eigenvalue weighted by Crippen LogP contribution is 2.31. The van der Waals surface area contributed by atoms with Gasteiger partial charge in [-0.2, -0.15) is 0 Å². The molecule has 1 heterocycles. The molecule has 0 aliphatic carbocycles. The number of halogens is 1. The van der Waals surface area contributed by atoms with Crippen molar-refractivity contribution in [3.8, 4) is 0 Å². The molecule has 1 aromatic carbocycles. The van der Waals surface area contributed by atoms with Crippen LogP contribution in [0.3, 0.4) is 0 Å². The molecule has 0 spiro atoms. The van der Waals surface area contributed by atoms with Gasteiger partial charge in [-0.25, -0.2) is 0 Å². The lowest BCUT2D eigenvalue weighted by atomic mass is 10.1. The van der Waals surface area contributed by atoms with Crippen molar-refractivity contribution in [3.63, 3.8) is 0 Å². The number of nitrogens with zero attached hydrogens (tertiary/aromatic N) is 1. The predicted molar refractivity (Wildman–Crippen MR) is 79.1 cm³/mol. The standard InChI is InChI=1S/C14H21BrN2O/c1-10-13(6-7-18-10)17(3)14-5-4-11(9-16-2)8-12(14)15/h4-5,8,10,13,16H,6-7,9H2,1-3H3. The van der Waals surface area contributed by atoms with Crippen molar-refractivity contribution in [1.82, 2.24) is 5.32 Å². The first-order chi connectivity index (χ1) is 8.63. The zero-order chi connectivity index (χ0) is 13.1. The average molecular weight is 313 g/mol. The molecule has 3 nitrogen and oxygen atoms in total. The van der Waals surface area contributed by atoms with Crippen molar-refractivity contribution in [3.05, 3.63) is 28.2 Å². The van der Waals surface area contributed by atoms with Crippen molar-refractivity contribution < 1.29 is 4.74 Å². The van der Waals surface area contributed by atoms with E-state index < -0.39 is 0 Å². The Morgan fingerprint density at radius 2 is 2.28 bits per heavy atom. The van der Waals surface area contributed by atoms with E-state index in [9.17, 15) is 0 Å². The molecule has 1 aromatic rings. The van der Waals surface area contributed by atoms with Crippen LogP contribution in [0, 0.1) is 0 Å². The Morgan fingerprint density at radius 1 is 1.50 bits per heavy atom. The summed E-state index contributed by atoms with van der Waals surface area (Å²) in [5, 5.41) is 3.17. The number of hydrogen-bond donors (Lipinski definition) is 1. The Hall–Kier alpha value is -0.580. The molecule has 0 saturated carbocycles. The first kappa shape index (κ1) is 13.8.